The van der Waals surface area contributed by atoms with Gasteiger partial charge < -0.3 is 10.1 Å². The maximum atomic E-state index is 13.5. The van der Waals surface area contributed by atoms with Crippen LogP contribution in [0.25, 0.3) is 0 Å². The van der Waals surface area contributed by atoms with Crippen molar-refractivity contribution in [3.8, 4) is 0 Å². The molecule has 4 aliphatic carbocycles. The lowest BCUT2D eigenvalue weighted by Gasteiger charge is -2.62. The molecule has 10 atom stereocenters. The highest BCUT2D eigenvalue weighted by atomic mass is 35.5. The number of nitrogens with one attached hydrogen (secondary N) is 1. The molecule has 1 heterocycles. The quantitative estimate of drug-likeness (QED) is 0.167. The molecule has 258 valence electrons. The second kappa shape index (κ2) is 15.0. The van der Waals surface area contributed by atoms with Crippen LogP contribution in [0.3, 0.4) is 0 Å². The lowest BCUT2D eigenvalue weighted by molar-refractivity contribution is -0.191. The fourth-order valence-corrected chi connectivity index (χ4v) is 12.2. The van der Waals surface area contributed by atoms with Gasteiger partial charge in [0.15, 0.2) is 0 Å². The summed E-state index contributed by atoms with van der Waals surface area (Å²) in [5.74, 6) is 3.12. The van der Waals surface area contributed by atoms with Crippen LogP contribution < -0.4 is 5.32 Å². The molecule has 0 aliphatic heterocycles. The zero-order valence-corrected chi connectivity index (χ0v) is 30.9. The number of carbonyl (C=O) groups is 3. The first-order valence-electron chi connectivity index (χ1n) is 18.6. The van der Waals surface area contributed by atoms with Gasteiger partial charge in [0, 0.05) is 36.5 Å². The standard InChI is InChI=1S/C39H60ClNO4S/c1-7-8-9-10-11-12-35(44)45-31-23-26-22-27(42)17-19-38(26,5)30-18-20-39(6)28(13-14-29(39)36(30)31)25(4)21-34(43)41-37(24(2)3)32-15-16-33(40)46-32/h15-16,24-26,28-31,36-37H,7-14,17-23H2,1-6H3,(H,41,43)/t25-,26?,28?,29+,30+,31-,36?,37?,38?,39?/m1/s1. The Kier molecular flexibility index (Phi) is 11.7. The first-order chi connectivity index (χ1) is 21.9. The van der Waals surface area contributed by atoms with E-state index in [1.165, 1.54) is 19.3 Å². The van der Waals surface area contributed by atoms with Gasteiger partial charge in [-0.25, -0.2) is 0 Å². The van der Waals surface area contributed by atoms with E-state index in [9.17, 15) is 14.4 Å². The molecule has 5 nitrogen and oxygen atoms in total. The predicted molar refractivity (Wildman–Crippen MR) is 188 cm³/mol. The number of unbranched alkanes of at least 4 members (excludes halogenated alkanes) is 4. The van der Waals surface area contributed by atoms with Crippen molar-refractivity contribution < 1.29 is 19.1 Å². The third-order valence-corrected chi connectivity index (χ3v) is 14.7. The van der Waals surface area contributed by atoms with Gasteiger partial charge >= 0.3 is 5.97 Å². The largest absolute Gasteiger partial charge is 0.462 e. The van der Waals surface area contributed by atoms with Crippen LogP contribution in [0.2, 0.25) is 4.34 Å². The number of ketones is 1. The van der Waals surface area contributed by atoms with Crippen LogP contribution in [0.15, 0.2) is 12.1 Å². The molecular formula is C39H60ClNO4S. The number of carbonyl (C=O) groups excluding carboxylic acids is 3. The van der Waals surface area contributed by atoms with Crippen LogP contribution >= 0.6 is 22.9 Å². The number of ether oxygens (including phenoxy) is 1. The van der Waals surface area contributed by atoms with Crippen molar-refractivity contribution in [3.05, 3.63) is 21.3 Å². The van der Waals surface area contributed by atoms with Gasteiger partial charge in [-0.15, -0.1) is 11.3 Å². The van der Waals surface area contributed by atoms with E-state index in [0.717, 1.165) is 60.6 Å². The number of Topliss-reactive ketones (excluding diaryl/α,β-unsaturated/α-hetero) is 1. The molecule has 4 aliphatic rings. The summed E-state index contributed by atoms with van der Waals surface area (Å²) in [6.07, 6.45) is 14.2. The Labute approximate surface area is 287 Å². The number of amides is 1. The summed E-state index contributed by atoms with van der Waals surface area (Å²) in [4.78, 5) is 40.6. The van der Waals surface area contributed by atoms with Crippen molar-refractivity contribution >= 4 is 40.6 Å². The third kappa shape index (κ3) is 7.43. The molecule has 0 spiro atoms. The fourth-order valence-electron chi connectivity index (χ4n) is 10.9. The third-order valence-electron chi connectivity index (χ3n) is 13.4. The summed E-state index contributed by atoms with van der Waals surface area (Å²) in [6, 6.07) is 3.92. The van der Waals surface area contributed by atoms with Crippen LogP contribution in [0.4, 0.5) is 0 Å². The van der Waals surface area contributed by atoms with Crippen molar-refractivity contribution in [2.45, 2.75) is 150 Å². The van der Waals surface area contributed by atoms with E-state index >= 15 is 0 Å². The zero-order valence-electron chi connectivity index (χ0n) is 29.4. The Bertz CT molecular complexity index is 1230. The highest BCUT2D eigenvalue weighted by Crippen LogP contribution is 2.68. The highest BCUT2D eigenvalue weighted by Gasteiger charge is 2.64. The Balaban J connectivity index is 1.30. The summed E-state index contributed by atoms with van der Waals surface area (Å²) in [6.45, 7) is 13.8. The molecule has 5 rings (SSSR count). The Morgan fingerprint density at radius 3 is 2.46 bits per heavy atom. The minimum atomic E-state index is -0.0940. The van der Waals surface area contributed by atoms with E-state index in [1.807, 2.05) is 12.1 Å². The topological polar surface area (TPSA) is 72.5 Å². The average Bonchev–Trinajstić information content (AvgIpc) is 3.59. The number of halogens is 1. The van der Waals surface area contributed by atoms with Gasteiger partial charge in [-0.2, -0.15) is 0 Å². The molecule has 1 amide bonds. The van der Waals surface area contributed by atoms with E-state index in [1.54, 1.807) is 11.3 Å². The van der Waals surface area contributed by atoms with E-state index in [4.69, 9.17) is 16.3 Å². The normalized spacial score (nSPS) is 35.2. The van der Waals surface area contributed by atoms with Gasteiger partial charge in [0.2, 0.25) is 5.91 Å². The lowest BCUT2D eigenvalue weighted by Crippen LogP contribution is -2.59. The minimum absolute atomic E-state index is 0.0278. The molecular weight excluding hydrogens is 614 g/mol. The molecule has 4 saturated carbocycles. The fraction of sp³-hybridized carbons (Fsp3) is 0.821. The lowest BCUT2D eigenvalue weighted by atomic mass is 9.43. The maximum Gasteiger partial charge on any atom is 0.306 e. The molecule has 1 aromatic heterocycles. The van der Waals surface area contributed by atoms with Gasteiger partial charge in [0.25, 0.3) is 0 Å². The Morgan fingerprint density at radius 2 is 1.76 bits per heavy atom. The van der Waals surface area contributed by atoms with Gasteiger partial charge in [-0.1, -0.05) is 78.8 Å². The highest BCUT2D eigenvalue weighted by molar-refractivity contribution is 7.16. The van der Waals surface area contributed by atoms with Crippen LogP contribution in [-0.2, 0) is 19.1 Å². The van der Waals surface area contributed by atoms with Gasteiger partial charge in [-0.05, 0) is 103 Å². The van der Waals surface area contributed by atoms with Crippen molar-refractivity contribution in [3.63, 3.8) is 0 Å². The summed E-state index contributed by atoms with van der Waals surface area (Å²) in [5.41, 5.74) is 0.265. The maximum absolute atomic E-state index is 13.5. The number of esters is 1. The molecule has 0 radical (unpaired) electrons. The van der Waals surface area contributed by atoms with Gasteiger partial charge in [0.1, 0.15) is 11.9 Å². The van der Waals surface area contributed by atoms with Crippen LogP contribution in [-0.4, -0.2) is 23.8 Å². The summed E-state index contributed by atoms with van der Waals surface area (Å²) in [5, 5.41) is 3.35. The van der Waals surface area contributed by atoms with Gasteiger partial charge in [-0.3, -0.25) is 14.4 Å². The Hall–Kier alpha value is -1.40. The van der Waals surface area contributed by atoms with E-state index in [-0.39, 0.29) is 46.7 Å². The number of hydrogen-bond donors (Lipinski definition) is 1. The van der Waals surface area contributed by atoms with E-state index < -0.39 is 0 Å². The Morgan fingerprint density at radius 1 is 1.02 bits per heavy atom. The molecule has 6 unspecified atom stereocenters. The number of thiophene rings is 1. The first kappa shape index (κ1) is 35.9. The van der Waals surface area contributed by atoms with Crippen molar-refractivity contribution in [2.75, 3.05) is 0 Å². The monoisotopic (exact) mass is 673 g/mol. The smallest absolute Gasteiger partial charge is 0.306 e. The van der Waals surface area contributed by atoms with E-state index in [0.29, 0.717) is 61.1 Å². The summed E-state index contributed by atoms with van der Waals surface area (Å²) < 4.78 is 7.25. The van der Waals surface area contributed by atoms with Crippen molar-refractivity contribution in [1.29, 1.82) is 0 Å². The first-order valence-corrected chi connectivity index (χ1v) is 19.8. The van der Waals surface area contributed by atoms with Crippen LogP contribution in [0.5, 0.6) is 0 Å². The molecule has 0 aromatic carbocycles. The molecule has 1 aromatic rings. The molecule has 4 fully saturated rings. The van der Waals surface area contributed by atoms with Crippen molar-refractivity contribution in [1.82, 2.24) is 5.32 Å². The van der Waals surface area contributed by atoms with Gasteiger partial charge in [0.05, 0.1) is 10.4 Å². The summed E-state index contributed by atoms with van der Waals surface area (Å²) in [7, 11) is 0. The molecule has 46 heavy (non-hydrogen) atoms. The van der Waals surface area contributed by atoms with Crippen LogP contribution in [0.1, 0.15) is 149 Å². The van der Waals surface area contributed by atoms with E-state index in [2.05, 4.69) is 46.9 Å². The summed E-state index contributed by atoms with van der Waals surface area (Å²) >= 11 is 7.79. The SMILES string of the molecule is CCCCCCCC(=O)O[C@@H]1CC2CC(=O)CCC2(C)[C@H]2CCC3(C)C([C@H](C)CC(=O)NC(c4ccc(Cl)s4)C(C)C)CC[C@H]3C12. The molecule has 0 bridgehead atoms. The predicted octanol–water partition coefficient (Wildman–Crippen LogP) is 10.4. The molecule has 7 heteroatoms. The number of hydrogen-bond acceptors (Lipinski definition) is 5. The zero-order chi connectivity index (χ0) is 33.2. The second-order valence-electron chi connectivity index (χ2n) is 16.5. The molecule has 0 saturated heterocycles. The second-order valence-corrected chi connectivity index (χ2v) is 18.3. The molecule has 1 N–H and O–H groups in total. The average molecular weight is 674 g/mol. The minimum Gasteiger partial charge on any atom is -0.462 e. The van der Waals surface area contributed by atoms with Crippen LogP contribution in [0, 0.1) is 52.3 Å². The number of rotatable bonds is 13. The van der Waals surface area contributed by atoms with Crippen molar-refractivity contribution in [2.24, 2.45) is 52.3 Å². The number of fused-ring (bicyclic) bond motifs is 5.